The predicted octanol–water partition coefficient (Wildman–Crippen LogP) is 4.64. The number of benzene rings is 1. The molecule has 2 aromatic rings. The summed E-state index contributed by atoms with van der Waals surface area (Å²) < 4.78 is 1.83. The van der Waals surface area contributed by atoms with Crippen molar-refractivity contribution in [1.82, 2.24) is 14.7 Å². The maximum Gasteiger partial charge on any atom is 0.320 e. The number of aromatic nitrogens is 2. The van der Waals surface area contributed by atoms with Crippen LogP contribution in [0.25, 0.3) is 0 Å². The highest BCUT2D eigenvalue weighted by Gasteiger charge is 2.53. The third kappa shape index (κ3) is 3.58. The number of rotatable bonds is 4. The van der Waals surface area contributed by atoms with Gasteiger partial charge in [-0.05, 0) is 80.9 Å². The number of halogens is 1. The molecule has 5 fully saturated rings. The van der Waals surface area contributed by atoms with Gasteiger partial charge in [0.25, 0.3) is 5.91 Å². The molecule has 4 aliphatic carbocycles. The van der Waals surface area contributed by atoms with Crippen LogP contribution in [-0.2, 0) is 5.54 Å². The Hall–Kier alpha value is -2.61. The third-order valence-electron chi connectivity index (χ3n) is 8.66. The fourth-order valence-electron chi connectivity index (χ4n) is 7.46. The molecule has 1 amide bonds. The Morgan fingerprint density at radius 2 is 1.71 bits per heavy atom. The Labute approximate surface area is 204 Å². The van der Waals surface area contributed by atoms with Crippen LogP contribution in [-0.4, -0.2) is 51.7 Å². The van der Waals surface area contributed by atoms with Gasteiger partial charge in [0.15, 0.2) is 0 Å². The molecule has 7 rings (SSSR count). The first-order valence-corrected chi connectivity index (χ1v) is 12.7. The molecule has 2 heterocycles. The SMILES string of the molecule is Cc1ccc(Cl)cc1N1CCN(C(=O)c2nn(C34CC5CC(CC(C5)C3)C4)cc2[N+](=O)[O-])CC1. The molecule has 9 heteroatoms. The van der Waals surface area contributed by atoms with Crippen LogP contribution in [0.15, 0.2) is 24.4 Å². The van der Waals surface area contributed by atoms with E-state index >= 15 is 0 Å². The topological polar surface area (TPSA) is 84.5 Å². The Kier molecular flexibility index (Phi) is 5.13. The smallest absolute Gasteiger partial charge is 0.320 e. The largest absolute Gasteiger partial charge is 0.368 e. The van der Waals surface area contributed by atoms with E-state index in [1.165, 1.54) is 19.3 Å². The van der Waals surface area contributed by atoms with Crippen molar-refractivity contribution in [3.05, 3.63) is 50.8 Å². The molecule has 1 aromatic carbocycles. The molecule has 0 N–H and O–H groups in total. The minimum atomic E-state index is -0.442. The van der Waals surface area contributed by atoms with Crippen LogP contribution in [0.4, 0.5) is 11.4 Å². The first kappa shape index (κ1) is 21.9. The highest BCUT2D eigenvalue weighted by Crippen LogP contribution is 2.58. The van der Waals surface area contributed by atoms with Gasteiger partial charge in [-0.15, -0.1) is 0 Å². The molecule has 8 nitrogen and oxygen atoms in total. The van der Waals surface area contributed by atoms with Gasteiger partial charge in [0.05, 0.1) is 10.5 Å². The molecule has 4 bridgehead atoms. The van der Waals surface area contributed by atoms with Crippen LogP contribution in [0, 0.1) is 34.8 Å². The van der Waals surface area contributed by atoms with Gasteiger partial charge < -0.3 is 9.80 Å². The lowest BCUT2D eigenvalue weighted by Gasteiger charge is -2.56. The molecule has 0 spiro atoms. The number of carbonyl (C=O) groups is 1. The van der Waals surface area contributed by atoms with Gasteiger partial charge in [0.2, 0.25) is 5.69 Å². The summed E-state index contributed by atoms with van der Waals surface area (Å²) in [6.07, 6.45) is 8.49. The number of hydrogen-bond acceptors (Lipinski definition) is 5. The number of hydrogen-bond donors (Lipinski definition) is 0. The summed E-state index contributed by atoms with van der Waals surface area (Å²) in [6.45, 7) is 4.33. The zero-order chi connectivity index (χ0) is 23.6. The highest BCUT2D eigenvalue weighted by molar-refractivity contribution is 6.30. The van der Waals surface area contributed by atoms with E-state index in [-0.39, 0.29) is 22.8 Å². The Morgan fingerprint density at radius 1 is 1.09 bits per heavy atom. The lowest BCUT2D eigenvalue weighted by molar-refractivity contribution is -0.385. The van der Waals surface area contributed by atoms with Crippen LogP contribution < -0.4 is 4.90 Å². The monoisotopic (exact) mass is 483 g/mol. The predicted molar refractivity (Wildman–Crippen MR) is 129 cm³/mol. The summed E-state index contributed by atoms with van der Waals surface area (Å²) in [5.74, 6) is 1.74. The van der Waals surface area contributed by atoms with Gasteiger partial charge in [0.1, 0.15) is 6.20 Å². The number of nitrogens with zero attached hydrogens (tertiary/aromatic N) is 5. The maximum atomic E-state index is 13.4. The van der Waals surface area contributed by atoms with E-state index in [9.17, 15) is 14.9 Å². The van der Waals surface area contributed by atoms with Crippen molar-refractivity contribution in [2.24, 2.45) is 17.8 Å². The summed E-state index contributed by atoms with van der Waals surface area (Å²) in [6, 6.07) is 5.82. The van der Waals surface area contributed by atoms with Crippen molar-refractivity contribution in [2.75, 3.05) is 31.1 Å². The normalized spacial score (nSPS) is 30.1. The van der Waals surface area contributed by atoms with E-state index in [1.54, 1.807) is 11.1 Å². The molecule has 1 aliphatic heterocycles. The summed E-state index contributed by atoms with van der Waals surface area (Å²) in [5, 5.41) is 17.3. The Balaban J connectivity index is 1.23. The molecule has 180 valence electrons. The van der Waals surface area contributed by atoms with Crippen LogP contribution in [0.5, 0.6) is 0 Å². The minimum absolute atomic E-state index is 0.00636. The first-order valence-electron chi connectivity index (χ1n) is 12.4. The lowest BCUT2D eigenvalue weighted by Crippen LogP contribution is -2.52. The number of piperazine rings is 1. The standard InChI is InChI=1S/C25H30ClN5O3/c1-16-2-3-20(26)11-21(16)28-4-6-29(7-5-28)24(32)23-22(31(33)34)15-30(27-23)25-12-17-8-18(13-25)10-19(9-17)14-25/h2-3,11,15,17-19H,4-10,12-14H2,1H3. The second kappa shape index (κ2) is 7.97. The second-order valence-corrected chi connectivity index (χ2v) is 11.4. The van der Waals surface area contributed by atoms with Crippen LogP contribution in [0.2, 0.25) is 5.02 Å². The number of amides is 1. The van der Waals surface area contributed by atoms with E-state index in [4.69, 9.17) is 11.6 Å². The molecule has 1 saturated heterocycles. The van der Waals surface area contributed by atoms with Gasteiger partial charge >= 0.3 is 5.69 Å². The van der Waals surface area contributed by atoms with Gasteiger partial charge in [-0.3, -0.25) is 19.6 Å². The van der Waals surface area contributed by atoms with Crippen molar-refractivity contribution in [3.63, 3.8) is 0 Å². The first-order chi connectivity index (χ1) is 16.3. The molecule has 0 radical (unpaired) electrons. The van der Waals surface area contributed by atoms with E-state index in [1.807, 2.05) is 29.8 Å². The van der Waals surface area contributed by atoms with E-state index in [2.05, 4.69) is 10.00 Å². The molecule has 34 heavy (non-hydrogen) atoms. The van der Waals surface area contributed by atoms with Crippen molar-refractivity contribution in [1.29, 1.82) is 0 Å². The molecule has 5 aliphatic rings. The third-order valence-corrected chi connectivity index (χ3v) is 8.90. The molecular weight excluding hydrogens is 454 g/mol. The zero-order valence-electron chi connectivity index (χ0n) is 19.5. The molecule has 0 atom stereocenters. The zero-order valence-corrected chi connectivity index (χ0v) is 20.2. The minimum Gasteiger partial charge on any atom is -0.368 e. The fraction of sp³-hybridized carbons (Fsp3) is 0.600. The number of aryl methyl sites for hydroxylation is 1. The average molecular weight is 484 g/mol. The van der Waals surface area contributed by atoms with E-state index in [0.717, 1.165) is 30.5 Å². The van der Waals surface area contributed by atoms with E-state index in [0.29, 0.717) is 49.0 Å². The van der Waals surface area contributed by atoms with Crippen molar-refractivity contribution in [2.45, 2.75) is 51.0 Å². The highest BCUT2D eigenvalue weighted by atomic mass is 35.5. The lowest BCUT2D eigenvalue weighted by atomic mass is 9.53. The average Bonchev–Trinajstić information content (AvgIpc) is 3.26. The Morgan fingerprint density at radius 3 is 2.29 bits per heavy atom. The number of anilines is 1. The van der Waals surface area contributed by atoms with Gasteiger partial charge in [-0.25, -0.2) is 0 Å². The van der Waals surface area contributed by atoms with Gasteiger partial charge in [-0.2, -0.15) is 5.10 Å². The van der Waals surface area contributed by atoms with E-state index < -0.39 is 4.92 Å². The summed E-state index contributed by atoms with van der Waals surface area (Å²) in [5.41, 5.74) is 1.88. The van der Waals surface area contributed by atoms with Crippen molar-refractivity contribution >= 4 is 28.9 Å². The molecule has 4 saturated carbocycles. The van der Waals surface area contributed by atoms with Crippen LogP contribution >= 0.6 is 11.6 Å². The summed E-state index contributed by atoms with van der Waals surface area (Å²) in [7, 11) is 0. The second-order valence-electron chi connectivity index (χ2n) is 10.9. The summed E-state index contributed by atoms with van der Waals surface area (Å²) >= 11 is 6.19. The fourth-order valence-corrected chi connectivity index (χ4v) is 7.63. The van der Waals surface area contributed by atoms with Gasteiger partial charge in [0, 0.05) is 36.9 Å². The van der Waals surface area contributed by atoms with Crippen LogP contribution in [0.3, 0.4) is 0 Å². The number of nitro groups is 1. The molecule has 0 unspecified atom stereocenters. The van der Waals surface area contributed by atoms with Crippen molar-refractivity contribution in [3.8, 4) is 0 Å². The van der Waals surface area contributed by atoms with Gasteiger partial charge in [-0.1, -0.05) is 17.7 Å². The van der Waals surface area contributed by atoms with Crippen LogP contribution in [0.1, 0.15) is 54.6 Å². The molecule has 1 aromatic heterocycles. The Bertz CT molecular complexity index is 1120. The van der Waals surface area contributed by atoms with Crippen molar-refractivity contribution < 1.29 is 9.72 Å². The summed E-state index contributed by atoms with van der Waals surface area (Å²) in [4.78, 5) is 28.8. The number of carbonyl (C=O) groups excluding carboxylic acids is 1. The quantitative estimate of drug-likeness (QED) is 0.467. The maximum absolute atomic E-state index is 13.4. The molecular formula is C25H30ClN5O3.